The molecule has 0 fully saturated rings. The fraction of sp³-hybridized carbons (Fsp3) is 0.200. The molecule has 0 aliphatic carbocycles. The van der Waals surface area contributed by atoms with Crippen molar-refractivity contribution < 1.29 is 23.0 Å². The van der Waals surface area contributed by atoms with Crippen molar-refractivity contribution in [3.05, 3.63) is 58.5 Å². The number of fused-ring (bicyclic) bond motifs is 3. The second-order valence-electron chi connectivity index (χ2n) is 6.58. The molecule has 0 aliphatic heterocycles. The quantitative estimate of drug-likeness (QED) is 0.546. The SMILES string of the molecule is COc1ccc(-c2ccc3c4[nH]ncc4c(=O)n(CC(F)(F)F)c3c2)c(CO)c1. The number of hydrogen-bond acceptors (Lipinski definition) is 4. The Labute approximate surface area is 162 Å². The third kappa shape index (κ3) is 3.33. The van der Waals surface area contributed by atoms with Gasteiger partial charge in [-0.15, -0.1) is 0 Å². The van der Waals surface area contributed by atoms with Gasteiger partial charge in [-0.25, -0.2) is 0 Å². The van der Waals surface area contributed by atoms with Crippen molar-refractivity contribution in [2.24, 2.45) is 0 Å². The highest BCUT2D eigenvalue weighted by molar-refractivity contribution is 6.04. The topological polar surface area (TPSA) is 80.1 Å². The number of methoxy groups -OCH3 is 1. The van der Waals surface area contributed by atoms with Gasteiger partial charge in [-0.3, -0.25) is 14.5 Å². The van der Waals surface area contributed by atoms with E-state index in [1.165, 1.54) is 19.4 Å². The average molecular weight is 403 g/mol. The van der Waals surface area contributed by atoms with Gasteiger partial charge in [0.1, 0.15) is 12.3 Å². The molecule has 6 nitrogen and oxygen atoms in total. The lowest BCUT2D eigenvalue weighted by Gasteiger charge is -2.15. The van der Waals surface area contributed by atoms with Gasteiger partial charge in [0.25, 0.3) is 5.56 Å². The summed E-state index contributed by atoms with van der Waals surface area (Å²) in [5.74, 6) is 0.548. The molecule has 150 valence electrons. The number of H-pyrrole nitrogens is 1. The number of ether oxygens (including phenoxy) is 1. The minimum atomic E-state index is -4.57. The minimum absolute atomic E-state index is 0.0926. The van der Waals surface area contributed by atoms with Crippen LogP contribution in [0.15, 0.2) is 47.4 Å². The summed E-state index contributed by atoms with van der Waals surface area (Å²) in [5, 5.41) is 16.7. The number of halogens is 3. The van der Waals surface area contributed by atoms with Crippen molar-refractivity contribution in [2.75, 3.05) is 7.11 Å². The zero-order valence-corrected chi connectivity index (χ0v) is 15.2. The number of pyridine rings is 1. The Morgan fingerprint density at radius 3 is 2.66 bits per heavy atom. The molecule has 0 bridgehead atoms. The molecule has 2 aromatic heterocycles. The Balaban J connectivity index is 2.02. The molecule has 0 amide bonds. The van der Waals surface area contributed by atoms with Crippen LogP contribution in [-0.2, 0) is 13.2 Å². The van der Waals surface area contributed by atoms with Gasteiger partial charge in [-0.05, 0) is 34.9 Å². The normalized spacial score (nSPS) is 12.0. The van der Waals surface area contributed by atoms with Gasteiger partial charge < -0.3 is 9.84 Å². The van der Waals surface area contributed by atoms with Crippen LogP contribution in [0.1, 0.15) is 5.56 Å². The Bertz CT molecular complexity index is 1280. The van der Waals surface area contributed by atoms with Gasteiger partial charge in [0.05, 0.1) is 36.3 Å². The summed E-state index contributed by atoms with van der Waals surface area (Å²) in [6, 6.07) is 9.95. The summed E-state index contributed by atoms with van der Waals surface area (Å²) in [5.41, 5.74) is 1.49. The van der Waals surface area contributed by atoms with Crippen LogP contribution in [0.25, 0.3) is 32.9 Å². The Morgan fingerprint density at radius 2 is 1.97 bits per heavy atom. The van der Waals surface area contributed by atoms with Crippen LogP contribution < -0.4 is 10.3 Å². The van der Waals surface area contributed by atoms with E-state index in [9.17, 15) is 23.1 Å². The number of nitrogens with one attached hydrogen (secondary N) is 1. The number of benzene rings is 2. The molecule has 0 saturated heterocycles. The molecule has 0 spiro atoms. The molecule has 4 rings (SSSR count). The van der Waals surface area contributed by atoms with Crippen molar-refractivity contribution in [2.45, 2.75) is 19.3 Å². The highest BCUT2D eigenvalue weighted by Gasteiger charge is 2.30. The van der Waals surface area contributed by atoms with E-state index in [0.717, 1.165) is 0 Å². The van der Waals surface area contributed by atoms with Gasteiger partial charge in [0.2, 0.25) is 0 Å². The molecule has 0 unspecified atom stereocenters. The first-order valence-corrected chi connectivity index (χ1v) is 8.67. The number of hydrogen-bond donors (Lipinski definition) is 2. The molecular weight excluding hydrogens is 387 g/mol. The molecule has 0 saturated carbocycles. The number of rotatable bonds is 4. The van der Waals surface area contributed by atoms with Crippen molar-refractivity contribution >= 4 is 21.8 Å². The summed E-state index contributed by atoms with van der Waals surface area (Å²) in [6.45, 7) is -1.69. The predicted octanol–water partition coefficient (Wildman–Crippen LogP) is 3.61. The summed E-state index contributed by atoms with van der Waals surface area (Å²) in [4.78, 5) is 12.7. The maximum atomic E-state index is 13.2. The molecule has 2 N–H and O–H groups in total. The first-order chi connectivity index (χ1) is 13.8. The third-order valence-corrected chi connectivity index (χ3v) is 4.80. The van der Waals surface area contributed by atoms with Crippen molar-refractivity contribution in [3.8, 4) is 16.9 Å². The van der Waals surface area contributed by atoms with E-state index in [1.807, 2.05) is 0 Å². The van der Waals surface area contributed by atoms with Crippen LogP contribution in [-0.4, -0.2) is 33.2 Å². The lowest BCUT2D eigenvalue weighted by atomic mass is 9.98. The average Bonchev–Trinajstić information content (AvgIpc) is 3.19. The summed E-state index contributed by atoms with van der Waals surface area (Å²) >= 11 is 0. The second-order valence-corrected chi connectivity index (χ2v) is 6.58. The first kappa shape index (κ1) is 19.0. The van der Waals surface area contributed by atoms with Crippen molar-refractivity contribution in [3.63, 3.8) is 0 Å². The number of alkyl halides is 3. The van der Waals surface area contributed by atoms with E-state index in [2.05, 4.69) is 10.2 Å². The number of aromatic nitrogens is 3. The molecule has 0 atom stereocenters. The maximum Gasteiger partial charge on any atom is 0.406 e. The number of nitrogens with zero attached hydrogens (tertiary/aromatic N) is 2. The lowest BCUT2D eigenvalue weighted by molar-refractivity contribution is -0.140. The van der Waals surface area contributed by atoms with Crippen LogP contribution in [0.2, 0.25) is 0 Å². The molecule has 2 aromatic carbocycles. The number of aliphatic hydroxyl groups is 1. The Morgan fingerprint density at radius 1 is 1.17 bits per heavy atom. The van der Waals surface area contributed by atoms with Gasteiger partial charge in [-0.1, -0.05) is 18.2 Å². The highest BCUT2D eigenvalue weighted by atomic mass is 19.4. The Kier molecular flexibility index (Phi) is 4.54. The molecule has 9 heteroatoms. The van der Waals surface area contributed by atoms with E-state index >= 15 is 0 Å². The third-order valence-electron chi connectivity index (χ3n) is 4.80. The van der Waals surface area contributed by atoms with Crippen LogP contribution in [0.3, 0.4) is 0 Å². The Hall–Kier alpha value is -3.33. The van der Waals surface area contributed by atoms with Gasteiger partial charge in [0.15, 0.2) is 0 Å². The van der Waals surface area contributed by atoms with E-state index in [0.29, 0.717) is 37.9 Å². The molecule has 0 radical (unpaired) electrons. The van der Waals surface area contributed by atoms with Gasteiger partial charge in [-0.2, -0.15) is 18.3 Å². The monoisotopic (exact) mass is 403 g/mol. The maximum absolute atomic E-state index is 13.2. The molecule has 2 heterocycles. The molecular formula is C20H16F3N3O3. The predicted molar refractivity (Wildman–Crippen MR) is 102 cm³/mol. The van der Waals surface area contributed by atoms with Crippen molar-refractivity contribution in [1.29, 1.82) is 0 Å². The highest BCUT2D eigenvalue weighted by Crippen LogP contribution is 2.32. The lowest BCUT2D eigenvalue weighted by Crippen LogP contribution is -2.28. The smallest absolute Gasteiger partial charge is 0.406 e. The molecule has 29 heavy (non-hydrogen) atoms. The van der Waals surface area contributed by atoms with E-state index < -0.39 is 18.3 Å². The largest absolute Gasteiger partial charge is 0.497 e. The van der Waals surface area contributed by atoms with E-state index in [-0.39, 0.29) is 17.5 Å². The van der Waals surface area contributed by atoms with Gasteiger partial charge in [0, 0.05) is 5.39 Å². The van der Waals surface area contributed by atoms with Crippen LogP contribution in [0.5, 0.6) is 5.75 Å². The summed E-state index contributed by atoms with van der Waals surface area (Å²) in [7, 11) is 1.50. The fourth-order valence-electron chi connectivity index (χ4n) is 3.49. The van der Waals surface area contributed by atoms with Gasteiger partial charge >= 0.3 is 6.18 Å². The molecule has 4 aromatic rings. The standard InChI is InChI=1S/C20H16F3N3O3/c1-29-13-3-5-14(12(6-13)9-27)11-2-4-15-17(7-11)26(10-20(21,22)23)19(28)16-8-24-25-18(15)16/h2-8,27H,9-10H2,1H3,(H,24,25). The van der Waals surface area contributed by atoms with Crippen LogP contribution in [0, 0.1) is 0 Å². The second kappa shape index (κ2) is 6.93. The fourth-order valence-corrected chi connectivity index (χ4v) is 3.49. The number of aromatic amines is 1. The van der Waals surface area contributed by atoms with E-state index in [4.69, 9.17) is 4.74 Å². The zero-order chi connectivity index (χ0) is 20.8. The first-order valence-electron chi connectivity index (χ1n) is 8.67. The summed E-state index contributed by atoms with van der Waals surface area (Å²) in [6.07, 6.45) is -3.34. The van der Waals surface area contributed by atoms with Crippen LogP contribution in [0.4, 0.5) is 13.2 Å². The minimum Gasteiger partial charge on any atom is -0.497 e. The van der Waals surface area contributed by atoms with E-state index in [1.54, 1.807) is 30.3 Å². The summed E-state index contributed by atoms with van der Waals surface area (Å²) < 4.78 is 45.4. The zero-order valence-electron chi connectivity index (χ0n) is 15.2. The molecule has 0 aliphatic rings. The number of aliphatic hydroxyl groups excluding tert-OH is 1. The van der Waals surface area contributed by atoms with Crippen molar-refractivity contribution in [1.82, 2.24) is 14.8 Å². The van der Waals surface area contributed by atoms with Crippen LogP contribution >= 0.6 is 0 Å².